The number of anilines is 1. The maximum atomic E-state index is 12.0. The Labute approximate surface area is 116 Å². The number of aromatic nitrogens is 1. The van der Waals surface area contributed by atoms with E-state index in [9.17, 15) is 9.59 Å². The second kappa shape index (κ2) is 5.36. The summed E-state index contributed by atoms with van der Waals surface area (Å²) >= 11 is 0. The number of rotatable bonds is 1. The van der Waals surface area contributed by atoms with E-state index in [4.69, 9.17) is 9.47 Å². The number of alkyl carbamates (subject to hydrolysis) is 1. The van der Waals surface area contributed by atoms with Crippen molar-refractivity contribution in [2.24, 2.45) is 0 Å². The van der Waals surface area contributed by atoms with E-state index in [1.54, 1.807) is 33.0 Å². The second-order valence-corrected chi connectivity index (χ2v) is 5.37. The van der Waals surface area contributed by atoms with Gasteiger partial charge in [-0.25, -0.2) is 4.79 Å². The molecule has 0 aliphatic carbocycles. The SMILES string of the molecule is CC(C)(C)OC(=O)N[C@H]1COc2cnccc2NC1=O. The van der Waals surface area contributed by atoms with Crippen LogP contribution in [0.15, 0.2) is 18.5 Å². The molecule has 0 aromatic carbocycles. The predicted octanol–water partition coefficient (Wildman–Crippen LogP) is 1.31. The average molecular weight is 279 g/mol. The van der Waals surface area contributed by atoms with E-state index in [2.05, 4.69) is 15.6 Å². The van der Waals surface area contributed by atoms with Crippen LogP contribution < -0.4 is 15.4 Å². The van der Waals surface area contributed by atoms with Crippen molar-refractivity contribution in [3.8, 4) is 5.75 Å². The summed E-state index contributed by atoms with van der Waals surface area (Å²) in [5.74, 6) is 0.107. The lowest BCUT2D eigenvalue weighted by molar-refractivity contribution is -0.118. The van der Waals surface area contributed by atoms with Crippen LogP contribution in [0.2, 0.25) is 0 Å². The minimum absolute atomic E-state index is 0.0176. The van der Waals surface area contributed by atoms with Crippen LogP contribution in [0.1, 0.15) is 20.8 Å². The third-order valence-corrected chi connectivity index (χ3v) is 2.46. The fourth-order valence-electron chi connectivity index (χ4n) is 1.62. The van der Waals surface area contributed by atoms with Gasteiger partial charge in [-0.1, -0.05) is 0 Å². The van der Waals surface area contributed by atoms with Gasteiger partial charge in [0.05, 0.1) is 11.9 Å². The maximum absolute atomic E-state index is 12.0. The zero-order valence-corrected chi connectivity index (χ0v) is 11.6. The molecule has 1 aliphatic heterocycles. The first-order chi connectivity index (χ1) is 9.35. The van der Waals surface area contributed by atoms with Crippen molar-refractivity contribution < 1.29 is 19.1 Å². The third-order valence-electron chi connectivity index (χ3n) is 2.46. The molecule has 1 atom stereocenters. The summed E-state index contributed by atoms with van der Waals surface area (Å²) < 4.78 is 10.6. The number of pyridine rings is 1. The van der Waals surface area contributed by atoms with Crippen molar-refractivity contribution in [1.29, 1.82) is 0 Å². The molecule has 0 unspecified atom stereocenters. The number of ether oxygens (including phenoxy) is 2. The number of nitrogens with one attached hydrogen (secondary N) is 2. The van der Waals surface area contributed by atoms with Crippen LogP contribution in [0.4, 0.5) is 10.5 Å². The van der Waals surface area contributed by atoms with Crippen molar-refractivity contribution in [2.45, 2.75) is 32.4 Å². The number of fused-ring (bicyclic) bond motifs is 1. The minimum atomic E-state index is -0.822. The van der Waals surface area contributed by atoms with Gasteiger partial charge in [0.2, 0.25) is 0 Å². The summed E-state index contributed by atoms with van der Waals surface area (Å²) in [5.41, 5.74) is -0.0996. The molecule has 2 rings (SSSR count). The first kappa shape index (κ1) is 14.1. The number of hydrogen-bond acceptors (Lipinski definition) is 5. The van der Waals surface area contributed by atoms with Gasteiger partial charge in [0.1, 0.15) is 18.2 Å². The largest absolute Gasteiger partial charge is 0.487 e. The second-order valence-electron chi connectivity index (χ2n) is 5.37. The Morgan fingerprint density at radius 3 is 3.00 bits per heavy atom. The molecule has 0 saturated carbocycles. The molecule has 0 fully saturated rings. The van der Waals surface area contributed by atoms with Gasteiger partial charge in [-0.3, -0.25) is 9.78 Å². The molecule has 0 spiro atoms. The van der Waals surface area contributed by atoms with Crippen LogP contribution in [0, 0.1) is 0 Å². The first-order valence-corrected chi connectivity index (χ1v) is 6.22. The van der Waals surface area contributed by atoms with Crippen LogP contribution in [-0.4, -0.2) is 35.2 Å². The van der Waals surface area contributed by atoms with Gasteiger partial charge in [-0.15, -0.1) is 0 Å². The molecule has 2 N–H and O–H groups in total. The predicted molar refractivity (Wildman–Crippen MR) is 71.5 cm³/mol. The molecule has 2 amide bonds. The molecule has 0 saturated heterocycles. The summed E-state index contributed by atoms with van der Waals surface area (Å²) in [4.78, 5) is 27.6. The van der Waals surface area contributed by atoms with Crippen LogP contribution >= 0.6 is 0 Å². The van der Waals surface area contributed by atoms with Gasteiger partial charge >= 0.3 is 6.09 Å². The summed E-state index contributed by atoms with van der Waals surface area (Å²) in [5, 5.41) is 5.15. The van der Waals surface area contributed by atoms with Gasteiger partial charge in [-0.2, -0.15) is 0 Å². The van der Waals surface area contributed by atoms with E-state index in [0.717, 1.165) is 0 Å². The van der Waals surface area contributed by atoms with Gasteiger partial charge in [-0.05, 0) is 26.8 Å². The van der Waals surface area contributed by atoms with Gasteiger partial charge in [0.15, 0.2) is 5.75 Å². The molecule has 20 heavy (non-hydrogen) atoms. The van der Waals surface area contributed by atoms with E-state index in [-0.39, 0.29) is 12.5 Å². The van der Waals surface area contributed by atoms with Crippen molar-refractivity contribution >= 4 is 17.7 Å². The Bertz CT molecular complexity index is 525. The number of carbonyl (C=O) groups is 2. The Kier molecular flexibility index (Phi) is 3.78. The van der Waals surface area contributed by atoms with E-state index in [0.29, 0.717) is 11.4 Å². The number of carbonyl (C=O) groups excluding carboxylic acids is 2. The molecular formula is C13H17N3O4. The Morgan fingerprint density at radius 1 is 1.55 bits per heavy atom. The lowest BCUT2D eigenvalue weighted by atomic mass is 10.2. The van der Waals surface area contributed by atoms with Crippen LogP contribution in [-0.2, 0) is 9.53 Å². The zero-order chi connectivity index (χ0) is 14.8. The highest BCUT2D eigenvalue weighted by Crippen LogP contribution is 2.24. The van der Waals surface area contributed by atoms with Crippen LogP contribution in [0.5, 0.6) is 5.75 Å². The molecule has 2 heterocycles. The lowest BCUT2D eigenvalue weighted by Crippen LogP contribution is -2.48. The molecule has 1 aromatic heterocycles. The number of amides is 2. The fraction of sp³-hybridized carbons (Fsp3) is 0.462. The summed E-state index contributed by atoms with van der Waals surface area (Å²) in [7, 11) is 0. The topological polar surface area (TPSA) is 89.6 Å². The third kappa shape index (κ3) is 3.59. The number of hydrogen-bond donors (Lipinski definition) is 2. The Morgan fingerprint density at radius 2 is 2.30 bits per heavy atom. The molecule has 7 heteroatoms. The zero-order valence-electron chi connectivity index (χ0n) is 11.6. The quantitative estimate of drug-likeness (QED) is 0.809. The molecule has 7 nitrogen and oxygen atoms in total. The summed E-state index contributed by atoms with van der Waals surface area (Å²) in [6, 6.07) is 0.806. The van der Waals surface area contributed by atoms with Gasteiger partial charge < -0.3 is 20.1 Å². The normalized spacial score (nSPS) is 18.1. The van der Waals surface area contributed by atoms with Crippen LogP contribution in [0.25, 0.3) is 0 Å². The fourth-order valence-corrected chi connectivity index (χ4v) is 1.62. The van der Waals surface area contributed by atoms with Crippen molar-refractivity contribution in [3.63, 3.8) is 0 Å². The molecule has 108 valence electrons. The van der Waals surface area contributed by atoms with Gasteiger partial charge in [0, 0.05) is 6.20 Å². The molecular weight excluding hydrogens is 262 g/mol. The lowest BCUT2D eigenvalue weighted by Gasteiger charge is -2.22. The number of nitrogens with zero attached hydrogens (tertiary/aromatic N) is 1. The van der Waals surface area contributed by atoms with Crippen molar-refractivity contribution in [2.75, 3.05) is 11.9 Å². The van der Waals surface area contributed by atoms with Crippen molar-refractivity contribution in [1.82, 2.24) is 10.3 Å². The first-order valence-electron chi connectivity index (χ1n) is 6.22. The van der Waals surface area contributed by atoms with E-state index in [1.165, 1.54) is 6.20 Å². The summed E-state index contributed by atoms with van der Waals surface area (Å²) in [6.45, 7) is 5.26. The standard InChI is InChI=1S/C13H17N3O4/c1-13(2,3)20-12(18)16-9-7-19-10-6-14-5-4-8(10)15-11(9)17/h4-6,9H,7H2,1-3H3,(H,15,17)(H,16,18)/t9-/m0/s1. The molecule has 0 radical (unpaired) electrons. The van der Waals surface area contributed by atoms with E-state index < -0.39 is 17.7 Å². The highest BCUT2D eigenvalue weighted by atomic mass is 16.6. The average Bonchev–Trinajstić information content (AvgIpc) is 2.47. The summed E-state index contributed by atoms with van der Waals surface area (Å²) in [6.07, 6.45) is 2.39. The van der Waals surface area contributed by atoms with E-state index in [1.807, 2.05) is 0 Å². The molecule has 0 bridgehead atoms. The highest BCUT2D eigenvalue weighted by molar-refractivity contribution is 5.98. The maximum Gasteiger partial charge on any atom is 0.408 e. The van der Waals surface area contributed by atoms with Gasteiger partial charge in [0.25, 0.3) is 5.91 Å². The van der Waals surface area contributed by atoms with E-state index >= 15 is 0 Å². The Balaban J connectivity index is 2.02. The van der Waals surface area contributed by atoms with Crippen LogP contribution in [0.3, 0.4) is 0 Å². The molecule has 1 aliphatic rings. The smallest absolute Gasteiger partial charge is 0.408 e. The molecule has 1 aromatic rings. The van der Waals surface area contributed by atoms with Crippen molar-refractivity contribution in [3.05, 3.63) is 18.5 Å². The highest BCUT2D eigenvalue weighted by Gasteiger charge is 2.28. The monoisotopic (exact) mass is 279 g/mol. The minimum Gasteiger partial charge on any atom is -0.487 e. The Hall–Kier alpha value is -2.31.